The molecule has 0 atom stereocenters. The number of hydrogen-bond acceptors (Lipinski definition) is 3. The number of carbonyl (C=O) groups excluding carboxylic acids is 1. The lowest BCUT2D eigenvalue weighted by atomic mass is 10.3. The Balaban J connectivity index is 1.89. The minimum atomic E-state index is -4.73. The van der Waals surface area contributed by atoms with Crippen LogP contribution in [0.4, 0.5) is 18.0 Å². The molecule has 3 rings (SSSR count). The van der Waals surface area contributed by atoms with Crippen LogP contribution in [0.3, 0.4) is 0 Å². The molecule has 1 aliphatic heterocycles. The number of alkyl halides is 3. The Labute approximate surface area is 146 Å². The quantitative estimate of drug-likeness (QED) is 0.805. The van der Waals surface area contributed by atoms with E-state index in [0.29, 0.717) is 23.6 Å². The first-order valence-electron chi connectivity index (χ1n) is 7.71. The number of aryl methyl sites for hydroxylation is 1. The van der Waals surface area contributed by atoms with Crippen LogP contribution in [-0.4, -0.2) is 34.9 Å². The first-order chi connectivity index (χ1) is 11.8. The van der Waals surface area contributed by atoms with Gasteiger partial charge in [0, 0.05) is 29.9 Å². The van der Waals surface area contributed by atoms with Crippen molar-refractivity contribution in [3.8, 4) is 11.4 Å². The minimum absolute atomic E-state index is 0.287. The van der Waals surface area contributed by atoms with Gasteiger partial charge in [0.2, 0.25) is 0 Å². The van der Waals surface area contributed by atoms with E-state index in [1.54, 1.807) is 15.7 Å². The van der Waals surface area contributed by atoms with Crippen LogP contribution in [-0.2, 0) is 0 Å². The third kappa shape index (κ3) is 4.41. The number of aromatic nitrogens is 1. The summed E-state index contributed by atoms with van der Waals surface area (Å²) in [6.07, 6.45) is -0.979. The number of rotatable bonds is 2. The summed E-state index contributed by atoms with van der Waals surface area (Å²) in [7, 11) is 0. The summed E-state index contributed by atoms with van der Waals surface area (Å²) < 4.78 is 42.3. The Kier molecular flexibility index (Phi) is 4.85. The molecule has 0 saturated carbocycles. The van der Waals surface area contributed by atoms with E-state index in [1.807, 2.05) is 6.92 Å². The Morgan fingerprint density at radius 3 is 2.44 bits per heavy atom. The van der Waals surface area contributed by atoms with E-state index >= 15 is 0 Å². The summed E-state index contributed by atoms with van der Waals surface area (Å²) in [6, 6.07) is 5.16. The molecule has 1 aromatic heterocycles. The van der Waals surface area contributed by atoms with Crippen molar-refractivity contribution < 1.29 is 22.7 Å². The molecular weight excluding hydrogens is 355 g/mol. The van der Waals surface area contributed by atoms with E-state index in [1.165, 1.54) is 35.6 Å². The summed E-state index contributed by atoms with van der Waals surface area (Å²) in [6.45, 7) is 3.29. The fourth-order valence-electron chi connectivity index (χ4n) is 2.59. The van der Waals surface area contributed by atoms with Gasteiger partial charge in [0.25, 0.3) is 0 Å². The van der Waals surface area contributed by atoms with Crippen LogP contribution in [0.25, 0.3) is 5.69 Å². The third-order valence-corrected chi connectivity index (χ3v) is 4.58. The number of amides is 2. The lowest BCUT2D eigenvalue weighted by Gasteiger charge is -2.11. The number of ether oxygens (including phenoxy) is 1. The number of carbonyl (C=O) groups is 1. The van der Waals surface area contributed by atoms with Crippen LogP contribution in [0, 0.1) is 6.92 Å². The van der Waals surface area contributed by atoms with Crippen molar-refractivity contribution >= 4 is 17.4 Å². The fraction of sp³-hybridized carbons (Fsp3) is 0.375. The van der Waals surface area contributed by atoms with E-state index in [-0.39, 0.29) is 11.8 Å². The number of nitrogens with zero attached hydrogens (tertiary/aromatic N) is 3. The first kappa shape index (κ1) is 17.5. The summed E-state index contributed by atoms with van der Waals surface area (Å²) in [4.78, 5) is 19.5. The van der Waals surface area contributed by atoms with Crippen LogP contribution in [0.5, 0.6) is 5.75 Å². The van der Waals surface area contributed by atoms with E-state index in [2.05, 4.69) is 9.73 Å². The van der Waals surface area contributed by atoms with Gasteiger partial charge >= 0.3 is 12.4 Å². The van der Waals surface area contributed by atoms with Crippen LogP contribution in [0.1, 0.15) is 17.7 Å². The maximum absolute atomic E-state index is 12.2. The Morgan fingerprint density at radius 1 is 1.20 bits per heavy atom. The van der Waals surface area contributed by atoms with E-state index in [9.17, 15) is 18.0 Å². The highest BCUT2D eigenvalue weighted by Crippen LogP contribution is 2.23. The zero-order chi connectivity index (χ0) is 18.0. The molecule has 0 N–H and O–H groups in total. The van der Waals surface area contributed by atoms with Crippen molar-refractivity contribution in [3.63, 3.8) is 0 Å². The van der Waals surface area contributed by atoms with Gasteiger partial charge in [-0.15, -0.1) is 24.5 Å². The monoisotopic (exact) mass is 371 g/mol. The second kappa shape index (κ2) is 6.91. The Hall–Kier alpha value is -2.29. The van der Waals surface area contributed by atoms with Crippen molar-refractivity contribution in [3.05, 3.63) is 40.1 Å². The molecule has 1 aromatic carbocycles. The van der Waals surface area contributed by atoms with Gasteiger partial charge in [0.15, 0.2) is 4.80 Å². The lowest BCUT2D eigenvalue weighted by molar-refractivity contribution is -0.274. The summed E-state index contributed by atoms with van der Waals surface area (Å²) >= 11 is 1.35. The normalized spacial score (nSPS) is 15.7. The van der Waals surface area contributed by atoms with Crippen molar-refractivity contribution in [1.82, 2.24) is 9.47 Å². The highest BCUT2D eigenvalue weighted by Gasteiger charge is 2.31. The number of hydrogen-bond donors (Lipinski definition) is 0. The number of halogens is 3. The molecule has 2 aromatic rings. The highest BCUT2D eigenvalue weighted by atomic mass is 32.1. The standard InChI is InChI=1S/C16H16F3N3O2S/c1-11-10-22(12-4-6-13(7-5-12)24-16(17,18)19)15(25-11)20-14(23)21-8-2-3-9-21/h4-7,10H,2-3,8-9H2,1H3/b20-15-. The molecule has 0 aliphatic carbocycles. The van der Waals surface area contributed by atoms with Crippen LogP contribution >= 0.6 is 11.3 Å². The highest BCUT2D eigenvalue weighted by molar-refractivity contribution is 7.09. The molecule has 0 bridgehead atoms. The Bertz CT molecular complexity index is 818. The second-order valence-corrected chi connectivity index (χ2v) is 6.84. The zero-order valence-corrected chi connectivity index (χ0v) is 14.2. The molecule has 5 nitrogen and oxygen atoms in total. The smallest absolute Gasteiger partial charge is 0.406 e. The third-order valence-electron chi connectivity index (χ3n) is 3.69. The minimum Gasteiger partial charge on any atom is -0.406 e. The van der Waals surface area contributed by atoms with Gasteiger partial charge in [0.1, 0.15) is 5.75 Å². The summed E-state index contributed by atoms with van der Waals surface area (Å²) in [5.74, 6) is -0.296. The molecule has 134 valence electrons. The van der Waals surface area contributed by atoms with Gasteiger partial charge in [-0.05, 0) is 44.0 Å². The molecular formula is C16H16F3N3O2S. The molecule has 25 heavy (non-hydrogen) atoms. The van der Waals surface area contributed by atoms with Gasteiger partial charge < -0.3 is 9.64 Å². The fourth-order valence-corrected chi connectivity index (χ4v) is 3.41. The van der Waals surface area contributed by atoms with Crippen LogP contribution < -0.4 is 9.54 Å². The Morgan fingerprint density at radius 2 is 1.84 bits per heavy atom. The maximum Gasteiger partial charge on any atom is 0.573 e. The van der Waals surface area contributed by atoms with E-state index in [0.717, 1.165) is 17.7 Å². The number of thiazole rings is 1. The van der Waals surface area contributed by atoms with E-state index < -0.39 is 6.36 Å². The first-order valence-corrected chi connectivity index (χ1v) is 8.52. The average molecular weight is 371 g/mol. The SMILES string of the molecule is Cc1cn(-c2ccc(OC(F)(F)F)cc2)/c(=N/C(=O)N2CCCC2)s1. The number of likely N-dealkylation sites (tertiary alicyclic amines) is 1. The zero-order valence-electron chi connectivity index (χ0n) is 13.4. The number of benzene rings is 1. The predicted octanol–water partition coefficient (Wildman–Crippen LogP) is 3.86. The van der Waals surface area contributed by atoms with Gasteiger partial charge in [-0.25, -0.2) is 4.79 Å². The molecule has 1 aliphatic rings. The van der Waals surface area contributed by atoms with Gasteiger partial charge in [-0.2, -0.15) is 4.99 Å². The molecule has 2 amide bonds. The van der Waals surface area contributed by atoms with Crippen LogP contribution in [0.15, 0.2) is 35.5 Å². The predicted molar refractivity (Wildman–Crippen MR) is 86.8 cm³/mol. The van der Waals surface area contributed by atoms with Gasteiger partial charge in [-0.1, -0.05) is 0 Å². The van der Waals surface area contributed by atoms with Gasteiger partial charge in [0.05, 0.1) is 0 Å². The number of urea groups is 1. The summed E-state index contributed by atoms with van der Waals surface area (Å²) in [5.41, 5.74) is 0.604. The van der Waals surface area contributed by atoms with Crippen molar-refractivity contribution in [1.29, 1.82) is 0 Å². The molecule has 0 spiro atoms. The second-order valence-electron chi connectivity index (χ2n) is 5.62. The molecule has 1 fully saturated rings. The van der Waals surface area contributed by atoms with Gasteiger partial charge in [-0.3, -0.25) is 4.57 Å². The molecule has 9 heteroatoms. The maximum atomic E-state index is 12.2. The molecule has 0 unspecified atom stereocenters. The van der Waals surface area contributed by atoms with Crippen LogP contribution in [0.2, 0.25) is 0 Å². The average Bonchev–Trinajstić information content (AvgIpc) is 3.16. The molecule has 0 radical (unpaired) electrons. The van der Waals surface area contributed by atoms with Crippen molar-refractivity contribution in [2.45, 2.75) is 26.1 Å². The lowest BCUT2D eigenvalue weighted by Crippen LogP contribution is -2.27. The molecule has 2 heterocycles. The largest absolute Gasteiger partial charge is 0.573 e. The summed E-state index contributed by atoms with van der Waals surface area (Å²) in [5, 5.41) is 0. The topological polar surface area (TPSA) is 46.8 Å². The van der Waals surface area contributed by atoms with Crippen molar-refractivity contribution in [2.24, 2.45) is 4.99 Å². The van der Waals surface area contributed by atoms with E-state index in [4.69, 9.17) is 0 Å². The van der Waals surface area contributed by atoms with Crippen molar-refractivity contribution in [2.75, 3.05) is 13.1 Å². The molecule has 1 saturated heterocycles.